The Morgan fingerprint density at radius 1 is 1.33 bits per heavy atom. The molecule has 0 unspecified atom stereocenters. The van der Waals surface area contributed by atoms with Gasteiger partial charge in [0.1, 0.15) is 5.76 Å². The molecular weight excluding hydrogens is 290 g/mol. The molecule has 0 amide bonds. The Morgan fingerprint density at radius 2 is 2.19 bits per heavy atom. The van der Waals surface area contributed by atoms with Crippen LogP contribution in [0.15, 0.2) is 40.0 Å². The summed E-state index contributed by atoms with van der Waals surface area (Å²) in [5.74, 6) is 0.760. The lowest BCUT2D eigenvalue weighted by Gasteiger charge is -2.03. The van der Waals surface area contributed by atoms with Gasteiger partial charge in [0, 0.05) is 31.4 Å². The zero-order valence-corrected chi connectivity index (χ0v) is 12.9. The molecule has 2 heterocycles. The van der Waals surface area contributed by atoms with Gasteiger partial charge in [0.2, 0.25) is 10.0 Å². The smallest absolute Gasteiger partial charge is 0.242 e. The van der Waals surface area contributed by atoms with Gasteiger partial charge in [0.15, 0.2) is 0 Å². The van der Waals surface area contributed by atoms with Crippen LogP contribution in [-0.2, 0) is 23.0 Å². The predicted octanol–water partition coefficient (Wildman–Crippen LogP) is 1.63. The summed E-state index contributed by atoms with van der Waals surface area (Å²) in [6.07, 6.45) is 4.66. The zero-order chi connectivity index (χ0) is 15.1. The quantitative estimate of drug-likeness (QED) is 0.614. The van der Waals surface area contributed by atoms with Crippen molar-refractivity contribution in [3.63, 3.8) is 0 Å². The average molecular weight is 311 g/mol. The second kappa shape index (κ2) is 7.44. The van der Waals surface area contributed by atoms with E-state index >= 15 is 0 Å². The fourth-order valence-corrected chi connectivity index (χ4v) is 2.97. The minimum atomic E-state index is -3.47. The van der Waals surface area contributed by atoms with Crippen LogP contribution >= 0.6 is 0 Å². The van der Waals surface area contributed by atoms with E-state index in [1.807, 2.05) is 6.07 Å². The lowest BCUT2D eigenvalue weighted by Crippen LogP contribution is -2.25. The molecule has 0 saturated carbocycles. The van der Waals surface area contributed by atoms with Crippen LogP contribution in [0.2, 0.25) is 0 Å². The van der Waals surface area contributed by atoms with Crippen LogP contribution in [0.3, 0.4) is 0 Å². The highest BCUT2D eigenvalue weighted by molar-refractivity contribution is 7.89. The second-order valence-corrected chi connectivity index (χ2v) is 6.53. The molecule has 7 heteroatoms. The molecule has 0 aromatic carbocycles. The van der Waals surface area contributed by atoms with Crippen molar-refractivity contribution in [1.29, 1.82) is 0 Å². The molecule has 0 atom stereocenters. The maximum absolute atomic E-state index is 12.1. The molecule has 0 bridgehead atoms. The van der Waals surface area contributed by atoms with E-state index in [0.717, 1.165) is 24.4 Å². The van der Waals surface area contributed by atoms with Gasteiger partial charge in [-0.15, -0.1) is 0 Å². The van der Waals surface area contributed by atoms with Crippen molar-refractivity contribution < 1.29 is 12.8 Å². The van der Waals surface area contributed by atoms with E-state index in [-0.39, 0.29) is 4.90 Å². The van der Waals surface area contributed by atoms with Crippen LogP contribution in [0.4, 0.5) is 0 Å². The first-order chi connectivity index (χ1) is 10.1. The minimum Gasteiger partial charge on any atom is -0.469 e. The number of H-pyrrole nitrogens is 1. The van der Waals surface area contributed by atoms with Crippen LogP contribution in [0.1, 0.15) is 24.8 Å². The summed E-state index contributed by atoms with van der Waals surface area (Å²) in [5.41, 5.74) is 0.856. The molecule has 0 aliphatic rings. The van der Waals surface area contributed by atoms with E-state index in [1.54, 1.807) is 18.4 Å². The van der Waals surface area contributed by atoms with Gasteiger partial charge < -0.3 is 14.7 Å². The van der Waals surface area contributed by atoms with Crippen LogP contribution in [-0.4, -0.2) is 26.5 Å². The molecule has 0 spiro atoms. The fraction of sp³-hybridized carbons (Fsp3) is 0.429. The van der Waals surface area contributed by atoms with Crippen molar-refractivity contribution in [2.45, 2.75) is 31.2 Å². The van der Waals surface area contributed by atoms with Gasteiger partial charge in [-0.2, -0.15) is 0 Å². The number of sulfonamides is 1. The lowest BCUT2D eigenvalue weighted by atomic mass is 10.3. The molecule has 0 aliphatic carbocycles. The fourth-order valence-electron chi connectivity index (χ4n) is 1.92. The molecule has 2 aromatic heterocycles. The largest absolute Gasteiger partial charge is 0.469 e. The number of aromatic nitrogens is 1. The van der Waals surface area contributed by atoms with Crippen molar-refractivity contribution in [2.24, 2.45) is 0 Å². The number of rotatable bonds is 9. The highest BCUT2D eigenvalue weighted by Gasteiger charge is 2.15. The molecule has 0 fully saturated rings. The number of nitrogens with one attached hydrogen (secondary N) is 3. The van der Waals surface area contributed by atoms with Crippen molar-refractivity contribution in [3.05, 3.63) is 42.1 Å². The summed E-state index contributed by atoms with van der Waals surface area (Å²) < 4.78 is 32.0. The highest BCUT2D eigenvalue weighted by Crippen LogP contribution is 2.10. The van der Waals surface area contributed by atoms with E-state index < -0.39 is 10.0 Å². The molecule has 3 N–H and O–H groups in total. The van der Waals surface area contributed by atoms with E-state index in [0.29, 0.717) is 19.5 Å². The second-order valence-electron chi connectivity index (χ2n) is 4.76. The first kappa shape index (κ1) is 15.8. The monoisotopic (exact) mass is 311 g/mol. The number of aromatic amines is 1. The van der Waals surface area contributed by atoms with Gasteiger partial charge in [0.25, 0.3) is 0 Å². The van der Waals surface area contributed by atoms with Crippen molar-refractivity contribution >= 4 is 10.0 Å². The molecule has 116 valence electrons. The van der Waals surface area contributed by atoms with Crippen molar-refractivity contribution in [3.8, 4) is 0 Å². The van der Waals surface area contributed by atoms with Gasteiger partial charge >= 0.3 is 0 Å². The molecule has 0 saturated heterocycles. The Hall–Kier alpha value is -1.57. The Bertz CT molecular complexity index is 632. The van der Waals surface area contributed by atoms with Crippen LogP contribution in [0, 0.1) is 0 Å². The molecule has 2 rings (SSSR count). The van der Waals surface area contributed by atoms with Crippen LogP contribution in [0.25, 0.3) is 0 Å². The molecule has 0 radical (unpaired) electrons. The van der Waals surface area contributed by atoms with Gasteiger partial charge in [-0.25, -0.2) is 13.1 Å². The summed E-state index contributed by atoms with van der Waals surface area (Å²) in [5, 5.41) is 3.22. The lowest BCUT2D eigenvalue weighted by molar-refractivity contribution is 0.506. The molecule has 2 aromatic rings. The third-order valence-corrected chi connectivity index (χ3v) is 4.45. The SMILES string of the molecule is CCCNCc1cc(S(=O)(=O)NCCc2ccco2)c[nH]1. The van der Waals surface area contributed by atoms with E-state index in [4.69, 9.17) is 4.42 Å². The summed E-state index contributed by atoms with van der Waals surface area (Å²) in [4.78, 5) is 3.23. The molecule has 6 nitrogen and oxygen atoms in total. The Morgan fingerprint density at radius 3 is 2.90 bits per heavy atom. The van der Waals surface area contributed by atoms with Gasteiger partial charge in [0.05, 0.1) is 11.2 Å². The first-order valence-corrected chi connectivity index (χ1v) is 8.50. The third-order valence-electron chi connectivity index (χ3n) is 3.01. The van der Waals surface area contributed by atoms with Gasteiger partial charge in [-0.3, -0.25) is 0 Å². The van der Waals surface area contributed by atoms with E-state index in [1.165, 1.54) is 6.20 Å². The standard InChI is InChI=1S/C14H21N3O3S/c1-2-6-15-10-12-9-14(11-16-12)21(18,19)17-7-5-13-4-3-8-20-13/h3-4,8-9,11,15-17H,2,5-7,10H2,1H3. The van der Waals surface area contributed by atoms with E-state index in [9.17, 15) is 8.42 Å². The third kappa shape index (κ3) is 4.73. The van der Waals surface area contributed by atoms with Gasteiger partial charge in [-0.1, -0.05) is 6.92 Å². The summed E-state index contributed by atoms with van der Waals surface area (Å²) >= 11 is 0. The summed E-state index contributed by atoms with van der Waals surface area (Å²) in [6.45, 7) is 3.93. The Balaban J connectivity index is 1.86. The first-order valence-electron chi connectivity index (χ1n) is 7.02. The minimum absolute atomic E-state index is 0.259. The maximum atomic E-state index is 12.1. The Kier molecular flexibility index (Phi) is 5.60. The summed E-state index contributed by atoms with van der Waals surface area (Å²) in [7, 11) is -3.47. The predicted molar refractivity (Wildman–Crippen MR) is 80.4 cm³/mol. The highest BCUT2D eigenvalue weighted by atomic mass is 32.2. The number of hydrogen-bond donors (Lipinski definition) is 3. The van der Waals surface area contributed by atoms with Crippen molar-refractivity contribution in [2.75, 3.05) is 13.1 Å². The zero-order valence-electron chi connectivity index (χ0n) is 12.1. The van der Waals surface area contributed by atoms with Crippen molar-refractivity contribution in [1.82, 2.24) is 15.0 Å². The number of furan rings is 1. The normalized spacial score (nSPS) is 11.9. The van der Waals surface area contributed by atoms with Crippen LogP contribution < -0.4 is 10.0 Å². The number of hydrogen-bond acceptors (Lipinski definition) is 4. The molecular formula is C14H21N3O3S. The average Bonchev–Trinajstić information content (AvgIpc) is 3.10. The van der Waals surface area contributed by atoms with Crippen LogP contribution in [0.5, 0.6) is 0 Å². The Labute approximate surface area is 125 Å². The maximum Gasteiger partial charge on any atom is 0.242 e. The van der Waals surface area contributed by atoms with E-state index in [2.05, 4.69) is 21.9 Å². The van der Waals surface area contributed by atoms with Gasteiger partial charge in [-0.05, 0) is 31.2 Å². The summed E-state index contributed by atoms with van der Waals surface area (Å²) in [6, 6.07) is 5.26. The topological polar surface area (TPSA) is 87.1 Å². The molecule has 21 heavy (non-hydrogen) atoms. The molecule has 0 aliphatic heterocycles.